The maximum atomic E-state index is 10.1. The Balaban J connectivity index is 2.48. The Morgan fingerprint density at radius 3 is 2.27 bits per heavy atom. The van der Waals surface area contributed by atoms with E-state index in [9.17, 15) is 5.11 Å². The molecule has 0 aromatic heterocycles. The van der Waals surface area contributed by atoms with E-state index in [4.69, 9.17) is 4.99 Å². The third-order valence-electron chi connectivity index (χ3n) is 5.61. The molecule has 1 N–H and O–H groups in total. The van der Waals surface area contributed by atoms with Crippen molar-refractivity contribution in [1.82, 2.24) is 0 Å². The van der Waals surface area contributed by atoms with Crippen molar-refractivity contribution in [2.24, 2.45) is 4.99 Å². The highest BCUT2D eigenvalue weighted by Gasteiger charge is 2.09. The Hall–Kier alpha value is -2.87. The number of nitrogens with zero attached hydrogens (tertiary/aromatic N) is 1. The smallest absolute Gasteiger partial charge is 0.118 e. The molecule has 2 heteroatoms. The third kappa shape index (κ3) is 6.59. The van der Waals surface area contributed by atoms with E-state index in [0.29, 0.717) is 12.2 Å². The first-order chi connectivity index (χ1) is 14.2. The Labute approximate surface area is 182 Å². The lowest BCUT2D eigenvalue weighted by atomic mass is 9.97. The van der Waals surface area contributed by atoms with E-state index in [-0.39, 0.29) is 0 Å². The van der Waals surface area contributed by atoms with Gasteiger partial charge in [-0.3, -0.25) is 4.99 Å². The van der Waals surface area contributed by atoms with E-state index >= 15 is 0 Å². The van der Waals surface area contributed by atoms with Crippen molar-refractivity contribution in [3.63, 3.8) is 0 Å². The molecule has 2 nitrogen and oxygen atoms in total. The van der Waals surface area contributed by atoms with Crippen LogP contribution in [0, 0.1) is 20.8 Å². The zero-order valence-electron chi connectivity index (χ0n) is 19.5. The van der Waals surface area contributed by atoms with Gasteiger partial charge in [0.1, 0.15) is 5.75 Å². The minimum Gasteiger partial charge on any atom is -0.508 e. The van der Waals surface area contributed by atoms with Crippen molar-refractivity contribution in [3.05, 3.63) is 93.7 Å². The zero-order chi connectivity index (χ0) is 22.3. The van der Waals surface area contributed by atoms with Gasteiger partial charge in [-0.05, 0) is 93.5 Å². The Morgan fingerprint density at radius 2 is 1.63 bits per heavy atom. The van der Waals surface area contributed by atoms with Gasteiger partial charge in [0.15, 0.2) is 0 Å². The number of aliphatic imine (C=N–C) groups is 1. The van der Waals surface area contributed by atoms with Gasteiger partial charge < -0.3 is 5.11 Å². The molecule has 0 saturated carbocycles. The van der Waals surface area contributed by atoms with E-state index in [2.05, 4.69) is 77.1 Å². The fourth-order valence-corrected chi connectivity index (χ4v) is 3.08. The number of benzene rings is 2. The van der Waals surface area contributed by atoms with Gasteiger partial charge >= 0.3 is 0 Å². The third-order valence-corrected chi connectivity index (χ3v) is 5.61. The van der Waals surface area contributed by atoms with Gasteiger partial charge in [0.2, 0.25) is 0 Å². The van der Waals surface area contributed by atoms with Crippen LogP contribution in [-0.2, 0) is 6.42 Å². The van der Waals surface area contributed by atoms with Crippen LogP contribution < -0.4 is 0 Å². The molecule has 30 heavy (non-hydrogen) atoms. The molecular weight excluding hydrogens is 366 g/mol. The largest absolute Gasteiger partial charge is 0.508 e. The van der Waals surface area contributed by atoms with Crippen molar-refractivity contribution < 1.29 is 5.11 Å². The van der Waals surface area contributed by atoms with Gasteiger partial charge in [-0.25, -0.2) is 0 Å². The molecule has 158 valence electrons. The van der Waals surface area contributed by atoms with Crippen LogP contribution in [0.2, 0.25) is 0 Å². The van der Waals surface area contributed by atoms with Crippen LogP contribution in [0.1, 0.15) is 61.9 Å². The van der Waals surface area contributed by atoms with Gasteiger partial charge in [0, 0.05) is 17.8 Å². The number of hydrogen-bond donors (Lipinski definition) is 1. The van der Waals surface area contributed by atoms with Crippen LogP contribution in [0.25, 0.3) is 5.57 Å². The van der Waals surface area contributed by atoms with Crippen LogP contribution in [0.5, 0.6) is 5.75 Å². The minimum absolute atomic E-state index is 0.330. The van der Waals surface area contributed by atoms with Crippen molar-refractivity contribution in [1.29, 1.82) is 0 Å². The number of phenols is 1. The summed E-state index contributed by atoms with van der Waals surface area (Å²) in [5.74, 6) is 0.330. The first-order valence-corrected chi connectivity index (χ1v) is 10.7. The Kier molecular flexibility index (Phi) is 8.41. The summed E-state index contributed by atoms with van der Waals surface area (Å²) in [5.41, 5.74) is 10.2. The van der Waals surface area contributed by atoms with E-state index in [0.717, 1.165) is 34.5 Å². The molecule has 0 aliphatic carbocycles. The molecule has 0 atom stereocenters. The summed E-state index contributed by atoms with van der Waals surface area (Å²) >= 11 is 0. The van der Waals surface area contributed by atoms with E-state index in [1.165, 1.54) is 22.3 Å². The molecule has 0 heterocycles. The average molecular weight is 402 g/mol. The average Bonchev–Trinajstić information content (AvgIpc) is 2.71. The summed E-state index contributed by atoms with van der Waals surface area (Å²) in [6.45, 7) is 14.6. The summed E-state index contributed by atoms with van der Waals surface area (Å²) in [6, 6.07) is 12.4. The number of rotatable bonds is 7. The second-order valence-electron chi connectivity index (χ2n) is 8.15. The van der Waals surface area contributed by atoms with Crippen molar-refractivity contribution in [3.8, 4) is 5.75 Å². The molecular formula is C28H35NO. The second kappa shape index (κ2) is 10.8. The molecule has 2 aromatic carbocycles. The fourth-order valence-electron chi connectivity index (χ4n) is 3.08. The SMILES string of the molecule is CC/C(C)=C/C=C\C(C)=N/C(Cc1ccc(C)c(O)c1)=C(\C)c1ccc(C)c(C)c1. The number of allylic oxidation sites excluding steroid dienone is 6. The number of phenolic OH excluding ortho intramolecular Hbond substituents is 1. The van der Waals surface area contributed by atoms with Crippen molar-refractivity contribution >= 4 is 11.3 Å². The van der Waals surface area contributed by atoms with Crippen LogP contribution in [0.4, 0.5) is 0 Å². The van der Waals surface area contributed by atoms with Crippen molar-refractivity contribution in [2.75, 3.05) is 0 Å². The van der Waals surface area contributed by atoms with Crippen LogP contribution >= 0.6 is 0 Å². The Morgan fingerprint density at radius 1 is 0.933 bits per heavy atom. The lowest BCUT2D eigenvalue weighted by molar-refractivity contribution is 0.470. The normalized spacial score (nSPS) is 13.7. The summed E-state index contributed by atoms with van der Waals surface area (Å²) < 4.78 is 0. The molecule has 0 amide bonds. The lowest BCUT2D eigenvalue weighted by Gasteiger charge is -2.12. The summed E-state index contributed by atoms with van der Waals surface area (Å²) in [7, 11) is 0. The van der Waals surface area contributed by atoms with Gasteiger partial charge in [0.05, 0.1) is 0 Å². The van der Waals surface area contributed by atoms with Gasteiger partial charge in [-0.15, -0.1) is 0 Å². The summed E-state index contributed by atoms with van der Waals surface area (Å²) in [6.07, 6.45) is 7.98. The first kappa shape index (κ1) is 23.4. The summed E-state index contributed by atoms with van der Waals surface area (Å²) in [5, 5.41) is 10.1. The Bertz CT molecular complexity index is 1020. The van der Waals surface area contributed by atoms with Gasteiger partial charge in [-0.2, -0.15) is 0 Å². The molecule has 0 fully saturated rings. The maximum Gasteiger partial charge on any atom is 0.118 e. The molecule has 2 aromatic rings. The second-order valence-corrected chi connectivity index (χ2v) is 8.15. The van der Waals surface area contributed by atoms with Gasteiger partial charge in [0.25, 0.3) is 0 Å². The van der Waals surface area contributed by atoms with Crippen LogP contribution in [0.3, 0.4) is 0 Å². The number of aryl methyl sites for hydroxylation is 3. The predicted octanol–water partition coefficient (Wildman–Crippen LogP) is 7.66. The number of hydrogen-bond acceptors (Lipinski definition) is 2. The molecule has 0 saturated heterocycles. The minimum atomic E-state index is 0.330. The highest BCUT2D eigenvalue weighted by Crippen LogP contribution is 2.26. The monoisotopic (exact) mass is 401 g/mol. The summed E-state index contributed by atoms with van der Waals surface area (Å²) in [4.78, 5) is 4.97. The molecule has 0 aliphatic heterocycles. The van der Waals surface area contributed by atoms with Crippen LogP contribution in [0.15, 0.2) is 70.9 Å². The molecule has 0 radical (unpaired) electrons. The number of aromatic hydroxyl groups is 1. The molecule has 2 rings (SSSR count). The van der Waals surface area contributed by atoms with Crippen molar-refractivity contribution in [2.45, 2.75) is 61.3 Å². The molecule has 0 bridgehead atoms. The van der Waals surface area contributed by atoms with E-state index in [1.54, 1.807) is 0 Å². The fraction of sp³-hybridized carbons (Fsp3) is 0.321. The topological polar surface area (TPSA) is 32.6 Å². The standard InChI is InChI=1S/C28H35NO/c1-8-19(2)10-9-11-23(6)29-27(17-25-14-12-21(4)28(30)18-25)24(7)26-15-13-20(3)22(5)16-26/h9-16,18,30H,8,17H2,1-7H3/b11-9-,19-10+,27-24+,29-23-. The predicted molar refractivity (Wildman–Crippen MR) is 131 cm³/mol. The molecule has 0 aliphatic rings. The molecule has 0 unspecified atom stereocenters. The van der Waals surface area contributed by atoms with Gasteiger partial charge in [-0.1, -0.05) is 55.0 Å². The lowest BCUT2D eigenvalue weighted by Crippen LogP contribution is -1.97. The maximum absolute atomic E-state index is 10.1. The van der Waals surface area contributed by atoms with E-state index in [1.807, 2.05) is 26.0 Å². The highest BCUT2D eigenvalue weighted by molar-refractivity contribution is 5.94. The highest BCUT2D eigenvalue weighted by atomic mass is 16.3. The zero-order valence-corrected chi connectivity index (χ0v) is 19.5. The molecule has 0 spiro atoms. The first-order valence-electron chi connectivity index (χ1n) is 10.7. The van der Waals surface area contributed by atoms with E-state index < -0.39 is 0 Å². The quantitative estimate of drug-likeness (QED) is 0.375. The van der Waals surface area contributed by atoms with Crippen LogP contribution in [-0.4, -0.2) is 10.8 Å².